The zero-order chi connectivity index (χ0) is 21.2. The Morgan fingerprint density at radius 3 is 2.66 bits per heavy atom. The molecule has 2 amide bonds. The van der Waals surface area contributed by atoms with Crippen molar-refractivity contribution in [2.45, 2.75) is 59.1 Å². The molecule has 1 aromatic carbocycles. The average molecular weight is 413 g/mol. The minimum absolute atomic E-state index is 0.0884. The van der Waals surface area contributed by atoms with E-state index in [0.717, 1.165) is 29.8 Å². The first-order valence-electron chi connectivity index (χ1n) is 9.78. The van der Waals surface area contributed by atoms with Gasteiger partial charge in [-0.3, -0.25) is 9.59 Å². The number of allylic oxidation sites excluding steroid dienone is 2. The summed E-state index contributed by atoms with van der Waals surface area (Å²) in [5.74, 6) is -0.402. The average Bonchev–Trinajstić information content (AvgIpc) is 2.94. The number of aryl methyl sites for hydroxylation is 2. The summed E-state index contributed by atoms with van der Waals surface area (Å²) in [5, 5.41) is 14.1. The van der Waals surface area contributed by atoms with Gasteiger partial charge < -0.3 is 10.6 Å². The molecule has 1 saturated heterocycles. The molecule has 0 aromatic heterocycles. The molecule has 1 heterocycles. The zero-order valence-electron chi connectivity index (χ0n) is 17.6. The van der Waals surface area contributed by atoms with Gasteiger partial charge in [0.05, 0.1) is 5.71 Å². The molecule has 6 nitrogen and oxygen atoms in total. The molecule has 1 aliphatic heterocycles. The highest BCUT2D eigenvalue weighted by atomic mass is 32.2. The Kier molecular flexibility index (Phi) is 6.27. The molecule has 0 bridgehead atoms. The predicted octanol–water partition coefficient (Wildman–Crippen LogP) is 4.34. The second kappa shape index (κ2) is 8.53. The van der Waals surface area contributed by atoms with Crippen LogP contribution >= 0.6 is 11.8 Å². The molecule has 1 aromatic rings. The van der Waals surface area contributed by atoms with Crippen LogP contribution in [-0.2, 0) is 9.59 Å². The van der Waals surface area contributed by atoms with Gasteiger partial charge >= 0.3 is 0 Å². The maximum absolute atomic E-state index is 12.4. The van der Waals surface area contributed by atoms with Gasteiger partial charge in [-0.05, 0) is 68.4 Å². The number of nitrogens with zero attached hydrogens (tertiary/aromatic N) is 2. The van der Waals surface area contributed by atoms with Crippen LogP contribution in [0.1, 0.15) is 51.2 Å². The minimum Gasteiger partial charge on any atom is -0.326 e. The Balaban J connectivity index is 1.60. The van der Waals surface area contributed by atoms with Crippen molar-refractivity contribution in [3.05, 3.63) is 41.0 Å². The molecule has 154 valence electrons. The van der Waals surface area contributed by atoms with E-state index < -0.39 is 5.25 Å². The molecule has 1 aliphatic carbocycles. The van der Waals surface area contributed by atoms with Crippen molar-refractivity contribution in [2.24, 2.45) is 15.6 Å². The second-order valence-electron chi connectivity index (χ2n) is 8.65. The van der Waals surface area contributed by atoms with Gasteiger partial charge in [-0.25, -0.2) is 0 Å². The summed E-state index contributed by atoms with van der Waals surface area (Å²) >= 11 is 1.25. The normalized spacial score (nSPS) is 23.8. The summed E-state index contributed by atoms with van der Waals surface area (Å²) in [6.45, 7) is 10.5. The lowest BCUT2D eigenvalue weighted by Gasteiger charge is -2.28. The SMILES string of the molecule is CC1=C/C(=N/N=C2/NC(=O)C(CC(=O)Nc3ccc(C)c(C)c3)S2)CC(C)(C)C1. The van der Waals surface area contributed by atoms with E-state index in [0.29, 0.717) is 5.17 Å². The number of carbonyl (C=O) groups is 2. The first kappa shape index (κ1) is 21.3. The highest BCUT2D eigenvalue weighted by Gasteiger charge is 2.32. The number of hydrogen-bond acceptors (Lipinski definition) is 5. The number of benzene rings is 1. The summed E-state index contributed by atoms with van der Waals surface area (Å²) < 4.78 is 0. The molecule has 3 rings (SSSR count). The predicted molar refractivity (Wildman–Crippen MR) is 120 cm³/mol. The van der Waals surface area contributed by atoms with Crippen LogP contribution in [-0.4, -0.2) is 27.9 Å². The second-order valence-corrected chi connectivity index (χ2v) is 9.84. The number of carbonyl (C=O) groups excluding carboxylic acids is 2. The van der Waals surface area contributed by atoms with Gasteiger partial charge in [-0.15, -0.1) is 5.10 Å². The van der Waals surface area contributed by atoms with Gasteiger partial charge in [0.2, 0.25) is 11.8 Å². The molecule has 29 heavy (non-hydrogen) atoms. The van der Waals surface area contributed by atoms with Crippen LogP contribution in [0.4, 0.5) is 5.69 Å². The van der Waals surface area contributed by atoms with Crippen LogP contribution in [0.15, 0.2) is 40.1 Å². The molecular weight excluding hydrogens is 384 g/mol. The molecule has 7 heteroatoms. The summed E-state index contributed by atoms with van der Waals surface area (Å²) in [6, 6.07) is 5.76. The highest BCUT2D eigenvalue weighted by Crippen LogP contribution is 2.34. The quantitative estimate of drug-likeness (QED) is 0.722. The van der Waals surface area contributed by atoms with Crippen molar-refractivity contribution in [1.29, 1.82) is 0 Å². The smallest absolute Gasteiger partial charge is 0.240 e. The largest absolute Gasteiger partial charge is 0.326 e. The number of amidine groups is 1. The summed E-state index contributed by atoms with van der Waals surface area (Å²) in [7, 11) is 0. The minimum atomic E-state index is -0.499. The van der Waals surface area contributed by atoms with E-state index in [1.165, 1.54) is 22.9 Å². The van der Waals surface area contributed by atoms with Gasteiger partial charge in [0.15, 0.2) is 5.17 Å². The summed E-state index contributed by atoms with van der Waals surface area (Å²) in [5.41, 5.74) is 5.38. The van der Waals surface area contributed by atoms with Crippen molar-refractivity contribution < 1.29 is 9.59 Å². The molecule has 2 N–H and O–H groups in total. The number of rotatable bonds is 4. The Hall–Kier alpha value is -2.41. The highest BCUT2D eigenvalue weighted by molar-refractivity contribution is 8.15. The molecule has 2 aliphatic rings. The van der Waals surface area contributed by atoms with E-state index >= 15 is 0 Å². The molecule has 1 unspecified atom stereocenters. The lowest BCUT2D eigenvalue weighted by atomic mass is 9.77. The van der Waals surface area contributed by atoms with E-state index in [1.807, 2.05) is 32.0 Å². The Bertz CT molecular complexity index is 931. The van der Waals surface area contributed by atoms with Gasteiger partial charge in [-0.2, -0.15) is 5.10 Å². The first-order valence-corrected chi connectivity index (χ1v) is 10.7. The van der Waals surface area contributed by atoms with E-state index in [1.54, 1.807) is 0 Å². The lowest BCUT2D eigenvalue weighted by molar-refractivity contribution is -0.122. The van der Waals surface area contributed by atoms with E-state index in [-0.39, 0.29) is 23.7 Å². The number of nitrogens with one attached hydrogen (secondary N) is 2. The third kappa shape index (κ3) is 5.79. The number of anilines is 1. The first-order chi connectivity index (χ1) is 13.6. The maximum atomic E-state index is 12.4. The maximum Gasteiger partial charge on any atom is 0.240 e. The zero-order valence-corrected chi connectivity index (χ0v) is 18.4. The standard InChI is InChI=1S/C22H28N4O2S/c1-13-8-17(12-22(4,5)11-13)25-26-21-24-20(28)18(29-21)10-19(27)23-16-7-6-14(2)15(3)9-16/h6-9,18H,10-12H2,1-5H3,(H,23,27)(H,24,26,28)/b25-17-. The van der Waals surface area contributed by atoms with Gasteiger partial charge in [0.25, 0.3) is 0 Å². The molecule has 0 spiro atoms. The molecule has 0 radical (unpaired) electrons. The Morgan fingerprint density at radius 2 is 1.97 bits per heavy atom. The third-order valence-electron chi connectivity index (χ3n) is 5.04. The van der Waals surface area contributed by atoms with E-state index in [2.05, 4.69) is 47.7 Å². The number of thioether (sulfide) groups is 1. The molecule has 1 atom stereocenters. The lowest BCUT2D eigenvalue weighted by Crippen LogP contribution is -2.28. The fraction of sp³-hybridized carbons (Fsp3) is 0.455. The van der Waals surface area contributed by atoms with Crippen LogP contribution < -0.4 is 10.6 Å². The Morgan fingerprint density at radius 1 is 1.21 bits per heavy atom. The van der Waals surface area contributed by atoms with Crippen LogP contribution in [0.5, 0.6) is 0 Å². The molecule has 1 fully saturated rings. The van der Waals surface area contributed by atoms with E-state index in [4.69, 9.17) is 0 Å². The topological polar surface area (TPSA) is 82.9 Å². The van der Waals surface area contributed by atoms with Crippen LogP contribution in [0.3, 0.4) is 0 Å². The fourth-order valence-electron chi connectivity index (χ4n) is 3.65. The monoisotopic (exact) mass is 412 g/mol. The van der Waals surface area contributed by atoms with Gasteiger partial charge in [0.1, 0.15) is 5.25 Å². The van der Waals surface area contributed by atoms with Crippen LogP contribution in [0.2, 0.25) is 0 Å². The Labute approximate surface area is 176 Å². The van der Waals surface area contributed by atoms with Crippen molar-refractivity contribution in [3.63, 3.8) is 0 Å². The molecule has 0 saturated carbocycles. The number of amides is 2. The van der Waals surface area contributed by atoms with Crippen molar-refractivity contribution in [1.82, 2.24) is 5.32 Å². The summed E-state index contributed by atoms with van der Waals surface area (Å²) in [6.07, 6.45) is 4.05. The van der Waals surface area contributed by atoms with Crippen molar-refractivity contribution in [2.75, 3.05) is 5.32 Å². The summed E-state index contributed by atoms with van der Waals surface area (Å²) in [4.78, 5) is 24.6. The van der Waals surface area contributed by atoms with Gasteiger partial charge in [0, 0.05) is 12.1 Å². The van der Waals surface area contributed by atoms with E-state index in [9.17, 15) is 9.59 Å². The fourth-order valence-corrected chi connectivity index (χ4v) is 4.57. The number of hydrogen-bond donors (Lipinski definition) is 2. The van der Waals surface area contributed by atoms with Crippen molar-refractivity contribution >= 4 is 40.1 Å². The van der Waals surface area contributed by atoms with Crippen molar-refractivity contribution in [3.8, 4) is 0 Å². The third-order valence-corrected chi connectivity index (χ3v) is 6.11. The van der Waals surface area contributed by atoms with Crippen LogP contribution in [0, 0.1) is 19.3 Å². The van der Waals surface area contributed by atoms with Crippen LogP contribution in [0.25, 0.3) is 0 Å². The molecular formula is C22H28N4O2S. The van der Waals surface area contributed by atoms with Gasteiger partial charge in [-0.1, -0.05) is 37.2 Å².